The molecule has 3 rings (SSSR count). The van der Waals surface area contributed by atoms with Crippen LogP contribution < -0.4 is 20.1 Å². The van der Waals surface area contributed by atoms with Crippen molar-refractivity contribution in [2.45, 2.75) is 32.1 Å². The third-order valence-corrected chi connectivity index (χ3v) is 4.12. The zero-order valence-corrected chi connectivity index (χ0v) is 14.6. The van der Waals surface area contributed by atoms with Crippen LogP contribution in [-0.2, 0) is 17.5 Å². The highest BCUT2D eigenvalue weighted by Crippen LogP contribution is 2.36. The second-order valence-electron chi connectivity index (χ2n) is 6.23. The van der Waals surface area contributed by atoms with E-state index in [0.717, 1.165) is 11.6 Å². The normalized spacial score (nSPS) is 14.1. The summed E-state index contributed by atoms with van der Waals surface area (Å²) in [5.74, 6) is 0.841. The number of carbonyl (C=O) groups excluding carboxylic acids is 1. The third kappa shape index (κ3) is 4.71. The molecule has 1 atom stereocenters. The number of para-hydroxylation sites is 2. The van der Waals surface area contributed by atoms with Gasteiger partial charge in [-0.05, 0) is 25.1 Å². The van der Waals surface area contributed by atoms with E-state index in [2.05, 4.69) is 10.6 Å². The minimum absolute atomic E-state index is 0.0264. The number of alkyl halides is 3. The lowest BCUT2D eigenvalue weighted by molar-refractivity contribution is -0.137. The molecule has 0 radical (unpaired) electrons. The van der Waals surface area contributed by atoms with E-state index in [-0.39, 0.29) is 24.9 Å². The molecule has 8 heteroatoms. The topological polar surface area (TPSA) is 59.6 Å². The number of benzene rings is 2. The highest BCUT2D eigenvalue weighted by atomic mass is 19.4. The Morgan fingerprint density at radius 1 is 1.15 bits per heavy atom. The smallest absolute Gasteiger partial charge is 0.418 e. The Balaban J connectivity index is 1.55. The molecule has 1 unspecified atom stereocenters. The summed E-state index contributed by atoms with van der Waals surface area (Å²) in [7, 11) is 0. The molecule has 0 spiro atoms. The van der Waals surface area contributed by atoms with Crippen molar-refractivity contribution in [3.8, 4) is 11.5 Å². The zero-order valence-electron chi connectivity index (χ0n) is 14.6. The molecule has 2 aromatic rings. The fraction of sp³-hybridized carbons (Fsp3) is 0.316. The van der Waals surface area contributed by atoms with Gasteiger partial charge in [0.2, 0.25) is 12.7 Å². The number of ether oxygens (including phenoxy) is 2. The largest absolute Gasteiger partial charge is 0.454 e. The quantitative estimate of drug-likeness (QED) is 0.797. The number of fused-ring (bicyclic) bond motifs is 1. The van der Waals surface area contributed by atoms with Gasteiger partial charge in [-0.2, -0.15) is 13.2 Å². The first-order valence-corrected chi connectivity index (χ1v) is 8.41. The van der Waals surface area contributed by atoms with Crippen LogP contribution in [0.4, 0.5) is 18.9 Å². The van der Waals surface area contributed by atoms with E-state index in [1.165, 1.54) is 18.2 Å². The summed E-state index contributed by atoms with van der Waals surface area (Å²) in [4.78, 5) is 12.1. The van der Waals surface area contributed by atoms with Crippen LogP contribution in [0.1, 0.15) is 24.5 Å². The number of carbonyl (C=O) groups is 1. The fourth-order valence-corrected chi connectivity index (χ4v) is 2.80. The molecule has 5 nitrogen and oxygen atoms in total. The van der Waals surface area contributed by atoms with Gasteiger partial charge in [0.15, 0.2) is 11.5 Å². The van der Waals surface area contributed by atoms with Gasteiger partial charge in [-0.25, -0.2) is 0 Å². The summed E-state index contributed by atoms with van der Waals surface area (Å²) in [6.45, 7) is 2.40. The summed E-state index contributed by atoms with van der Waals surface area (Å²) >= 11 is 0. The Bertz CT molecular complexity index is 824. The monoisotopic (exact) mass is 380 g/mol. The lowest BCUT2D eigenvalue weighted by atomic mass is 10.1. The Morgan fingerprint density at radius 3 is 2.70 bits per heavy atom. The number of hydrogen-bond donors (Lipinski definition) is 2. The van der Waals surface area contributed by atoms with E-state index in [9.17, 15) is 18.0 Å². The van der Waals surface area contributed by atoms with Gasteiger partial charge in [0.25, 0.3) is 0 Å². The van der Waals surface area contributed by atoms with Crippen molar-refractivity contribution in [3.05, 3.63) is 53.6 Å². The van der Waals surface area contributed by atoms with E-state index in [0.29, 0.717) is 18.0 Å². The van der Waals surface area contributed by atoms with Crippen molar-refractivity contribution < 1.29 is 27.4 Å². The molecule has 0 bridgehead atoms. The molecule has 1 heterocycles. The van der Waals surface area contributed by atoms with Gasteiger partial charge in [0.1, 0.15) is 0 Å². The van der Waals surface area contributed by atoms with Gasteiger partial charge >= 0.3 is 6.18 Å². The van der Waals surface area contributed by atoms with Crippen LogP contribution in [0, 0.1) is 0 Å². The lowest BCUT2D eigenvalue weighted by Gasteiger charge is -2.16. The van der Waals surface area contributed by atoms with Crippen molar-refractivity contribution in [2.24, 2.45) is 0 Å². The minimum atomic E-state index is -4.52. The SMILES string of the molecule is CC(CC(=O)Nc1ccccc1C(F)(F)F)NCc1cccc2c1OCO2. The maximum atomic E-state index is 13.0. The zero-order chi connectivity index (χ0) is 19.4. The van der Waals surface area contributed by atoms with Crippen LogP contribution in [0.25, 0.3) is 0 Å². The highest BCUT2D eigenvalue weighted by molar-refractivity contribution is 5.92. The average molecular weight is 380 g/mol. The summed E-state index contributed by atoms with van der Waals surface area (Å²) in [6, 6.07) is 10.2. The molecule has 1 amide bonds. The van der Waals surface area contributed by atoms with Crippen LogP contribution in [-0.4, -0.2) is 18.7 Å². The van der Waals surface area contributed by atoms with E-state index in [1.807, 2.05) is 12.1 Å². The highest BCUT2D eigenvalue weighted by Gasteiger charge is 2.33. The Kier molecular flexibility index (Phi) is 5.55. The van der Waals surface area contributed by atoms with Crippen molar-refractivity contribution >= 4 is 11.6 Å². The molecule has 2 N–H and O–H groups in total. The van der Waals surface area contributed by atoms with Gasteiger partial charge in [-0.3, -0.25) is 4.79 Å². The summed E-state index contributed by atoms with van der Waals surface area (Å²) in [6.07, 6.45) is -4.50. The second kappa shape index (κ2) is 7.87. The number of halogens is 3. The molecular weight excluding hydrogens is 361 g/mol. The van der Waals surface area contributed by atoms with Gasteiger partial charge in [0, 0.05) is 24.6 Å². The van der Waals surface area contributed by atoms with Crippen LogP contribution in [0.3, 0.4) is 0 Å². The Morgan fingerprint density at radius 2 is 1.93 bits per heavy atom. The van der Waals surface area contributed by atoms with Gasteiger partial charge in [-0.1, -0.05) is 24.3 Å². The van der Waals surface area contributed by atoms with E-state index < -0.39 is 17.6 Å². The van der Waals surface area contributed by atoms with Gasteiger partial charge in [-0.15, -0.1) is 0 Å². The number of nitrogens with one attached hydrogen (secondary N) is 2. The molecule has 0 fully saturated rings. The van der Waals surface area contributed by atoms with Crippen LogP contribution in [0.15, 0.2) is 42.5 Å². The van der Waals surface area contributed by atoms with E-state index in [4.69, 9.17) is 9.47 Å². The number of anilines is 1. The van der Waals surface area contributed by atoms with Crippen molar-refractivity contribution in [2.75, 3.05) is 12.1 Å². The summed E-state index contributed by atoms with van der Waals surface area (Å²) in [5, 5.41) is 5.52. The molecule has 1 aliphatic rings. The molecule has 27 heavy (non-hydrogen) atoms. The van der Waals surface area contributed by atoms with Crippen molar-refractivity contribution in [1.29, 1.82) is 0 Å². The molecule has 144 valence electrons. The molecular formula is C19H19F3N2O3. The maximum absolute atomic E-state index is 13.0. The standard InChI is InChI=1S/C19H19F3N2O3/c1-12(23-10-13-5-4-8-16-18(13)27-11-26-16)9-17(25)24-15-7-3-2-6-14(15)19(20,21)22/h2-8,12,23H,9-11H2,1H3,(H,24,25). The van der Waals surface area contributed by atoms with Crippen LogP contribution in [0.2, 0.25) is 0 Å². The number of hydrogen-bond acceptors (Lipinski definition) is 4. The first kappa shape index (κ1) is 19.0. The molecule has 0 aromatic heterocycles. The van der Waals surface area contributed by atoms with Crippen molar-refractivity contribution in [1.82, 2.24) is 5.32 Å². The van der Waals surface area contributed by atoms with Crippen molar-refractivity contribution in [3.63, 3.8) is 0 Å². The first-order valence-electron chi connectivity index (χ1n) is 8.41. The number of rotatable bonds is 6. The minimum Gasteiger partial charge on any atom is -0.454 e. The van der Waals surface area contributed by atoms with Crippen LogP contribution >= 0.6 is 0 Å². The molecule has 2 aromatic carbocycles. The number of amides is 1. The van der Waals surface area contributed by atoms with Gasteiger partial charge < -0.3 is 20.1 Å². The average Bonchev–Trinajstić information content (AvgIpc) is 3.08. The van der Waals surface area contributed by atoms with E-state index >= 15 is 0 Å². The Labute approximate surface area is 154 Å². The predicted molar refractivity (Wildman–Crippen MR) is 93.6 cm³/mol. The lowest BCUT2D eigenvalue weighted by Crippen LogP contribution is -2.30. The second-order valence-corrected chi connectivity index (χ2v) is 6.23. The van der Waals surface area contributed by atoms with Gasteiger partial charge in [0.05, 0.1) is 11.3 Å². The predicted octanol–water partition coefficient (Wildman–Crippen LogP) is 3.94. The molecule has 0 saturated carbocycles. The Hall–Kier alpha value is -2.74. The van der Waals surface area contributed by atoms with E-state index in [1.54, 1.807) is 13.0 Å². The molecule has 0 saturated heterocycles. The maximum Gasteiger partial charge on any atom is 0.418 e. The fourth-order valence-electron chi connectivity index (χ4n) is 2.80. The van der Waals surface area contributed by atoms with Crippen LogP contribution in [0.5, 0.6) is 11.5 Å². The third-order valence-electron chi connectivity index (χ3n) is 4.12. The summed E-state index contributed by atoms with van der Waals surface area (Å²) < 4.78 is 49.7. The molecule has 0 aliphatic carbocycles. The summed E-state index contributed by atoms with van der Waals surface area (Å²) in [5.41, 5.74) is -0.218. The first-order chi connectivity index (χ1) is 12.8. The molecule has 1 aliphatic heterocycles.